The monoisotopic (exact) mass is 341 g/mol. The molecule has 0 radical (unpaired) electrons. The zero-order valence-corrected chi connectivity index (χ0v) is 13.9. The second-order valence-corrected chi connectivity index (χ2v) is 5.10. The second-order valence-electron chi connectivity index (χ2n) is 5.10. The van der Waals surface area contributed by atoms with Crippen molar-refractivity contribution in [2.24, 2.45) is 0 Å². The number of aromatic nitrogens is 3. The van der Waals surface area contributed by atoms with Crippen molar-refractivity contribution in [2.45, 2.75) is 26.4 Å². The van der Waals surface area contributed by atoms with E-state index in [1.165, 1.54) is 16.8 Å². The molecule has 0 saturated carbocycles. The quantitative estimate of drug-likeness (QED) is 0.802. The van der Waals surface area contributed by atoms with Crippen molar-refractivity contribution in [3.05, 3.63) is 47.5 Å². The first kappa shape index (κ1) is 19.1. The number of hydrogen-bond acceptors (Lipinski definition) is 4. The zero-order chi connectivity index (χ0) is 15.9. The number of amides is 1. The molecule has 1 aromatic carbocycles. The maximum Gasteiger partial charge on any atom is 0.273 e. The summed E-state index contributed by atoms with van der Waals surface area (Å²) in [5.41, 5.74) is 1.01. The Morgan fingerprint density at radius 3 is 2.91 bits per heavy atom. The number of halogens is 2. The first-order valence-electron chi connectivity index (χ1n) is 7.24. The summed E-state index contributed by atoms with van der Waals surface area (Å²) in [4.78, 5) is 12.0. The topological polar surface area (TPSA) is 71.8 Å². The van der Waals surface area contributed by atoms with Gasteiger partial charge in [0.2, 0.25) is 0 Å². The lowest BCUT2D eigenvalue weighted by molar-refractivity contribution is 0.0945. The van der Waals surface area contributed by atoms with Crippen LogP contribution in [0.2, 0.25) is 0 Å². The summed E-state index contributed by atoms with van der Waals surface area (Å²) in [5.74, 6) is -0.566. The van der Waals surface area contributed by atoms with E-state index in [-0.39, 0.29) is 35.9 Å². The summed E-state index contributed by atoms with van der Waals surface area (Å²) in [6.07, 6.45) is 1.55. The standard InChI is InChI=1S/C15H20FN5O.ClH/c1-3-17-11(2)8-18-15(22)14-10-21(20-19-14)9-12-5-4-6-13(16)7-12;/h4-7,10-11,17H,3,8-9H2,1-2H3,(H,18,22);1H/t11-;/m1./s1. The Kier molecular flexibility index (Phi) is 7.64. The predicted octanol–water partition coefficient (Wildman–Crippen LogP) is 1.62. The SMILES string of the molecule is CCN[C@H](C)CNC(=O)c1cn(Cc2cccc(F)c2)nn1.Cl. The van der Waals surface area contributed by atoms with E-state index < -0.39 is 0 Å². The van der Waals surface area contributed by atoms with Crippen LogP contribution in [0.15, 0.2) is 30.5 Å². The fourth-order valence-corrected chi connectivity index (χ4v) is 2.06. The molecule has 1 atom stereocenters. The second kappa shape index (κ2) is 9.22. The van der Waals surface area contributed by atoms with Crippen molar-refractivity contribution in [3.63, 3.8) is 0 Å². The molecule has 0 fully saturated rings. The summed E-state index contributed by atoms with van der Waals surface area (Å²) in [6.45, 7) is 5.73. The molecule has 0 aliphatic rings. The van der Waals surface area contributed by atoms with Gasteiger partial charge >= 0.3 is 0 Å². The van der Waals surface area contributed by atoms with Gasteiger partial charge in [-0.05, 0) is 31.2 Å². The average Bonchev–Trinajstić information content (AvgIpc) is 2.94. The first-order chi connectivity index (χ1) is 10.6. The van der Waals surface area contributed by atoms with E-state index in [1.54, 1.807) is 18.3 Å². The van der Waals surface area contributed by atoms with Crippen molar-refractivity contribution < 1.29 is 9.18 Å². The fourth-order valence-electron chi connectivity index (χ4n) is 2.06. The Morgan fingerprint density at radius 2 is 2.22 bits per heavy atom. The van der Waals surface area contributed by atoms with Gasteiger partial charge in [0.05, 0.1) is 12.7 Å². The summed E-state index contributed by atoms with van der Waals surface area (Å²) < 4.78 is 14.6. The van der Waals surface area contributed by atoms with Gasteiger partial charge < -0.3 is 10.6 Å². The fraction of sp³-hybridized carbons (Fsp3) is 0.400. The molecule has 23 heavy (non-hydrogen) atoms. The number of nitrogens with zero attached hydrogens (tertiary/aromatic N) is 3. The predicted molar refractivity (Wildman–Crippen MR) is 88.2 cm³/mol. The maximum absolute atomic E-state index is 13.1. The van der Waals surface area contributed by atoms with Gasteiger partial charge in [-0.1, -0.05) is 24.3 Å². The molecule has 0 aliphatic carbocycles. The van der Waals surface area contributed by atoms with Crippen LogP contribution in [0.4, 0.5) is 4.39 Å². The Bertz CT molecular complexity index is 634. The lowest BCUT2D eigenvalue weighted by atomic mass is 10.2. The minimum Gasteiger partial charge on any atom is -0.349 e. The molecule has 126 valence electrons. The number of carbonyl (C=O) groups excluding carboxylic acids is 1. The van der Waals surface area contributed by atoms with E-state index in [9.17, 15) is 9.18 Å². The molecule has 1 heterocycles. The van der Waals surface area contributed by atoms with Crippen molar-refractivity contribution in [1.29, 1.82) is 0 Å². The van der Waals surface area contributed by atoms with Crippen molar-refractivity contribution >= 4 is 18.3 Å². The molecule has 1 aromatic heterocycles. The molecule has 1 amide bonds. The molecule has 6 nitrogen and oxygen atoms in total. The maximum atomic E-state index is 13.1. The summed E-state index contributed by atoms with van der Waals surface area (Å²) in [6, 6.07) is 6.44. The van der Waals surface area contributed by atoms with Crippen molar-refractivity contribution in [1.82, 2.24) is 25.6 Å². The Hall–Kier alpha value is -1.99. The highest BCUT2D eigenvalue weighted by atomic mass is 35.5. The van der Waals surface area contributed by atoms with Crippen LogP contribution in [-0.2, 0) is 6.54 Å². The lowest BCUT2D eigenvalue weighted by Gasteiger charge is -2.12. The van der Waals surface area contributed by atoms with Gasteiger partial charge in [-0.15, -0.1) is 17.5 Å². The van der Waals surface area contributed by atoms with Crippen LogP contribution in [0.25, 0.3) is 0 Å². The smallest absolute Gasteiger partial charge is 0.273 e. The molecular weight excluding hydrogens is 321 g/mol. The average molecular weight is 342 g/mol. The molecule has 0 bridgehead atoms. The number of rotatable bonds is 7. The minimum atomic E-state index is -0.298. The van der Waals surface area contributed by atoms with Gasteiger partial charge in [0, 0.05) is 12.6 Å². The van der Waals surface area contributed by atoms with Gasteiger partial charge in [0.1, 0.15) is 5.82 Å². The molecule has 0 unspecified atom stereocenters. The van der Waals surface area contributed by atoms with Gasteiger partial charge in [-0.25, -0.2) is 9.07 Å². The molecule has 2 aromatic rings. The van der Waals surface area contributed by atoms with E-state index in [0.717, 1.165) is 12.1 Å². The molecule has 2 N–H and O–H groups in total. The first-order valence-corrected chi connectivity index (χ1v) is 7.24. The Balaban J connectivity index is 0.00000264. The normalized spacial score (nSPS) is 11.6. The molecule has 2 rings (SSSR count). The van der Waals surface area contributed by atoms with Gasteiger partial charge in [0.25, 0.3) is 5.91 Å². The molecule has 8 heteroatoms. The van der Waals surface area contributed by atoms with E-state index in [4.69, 9.17) is 0 Å². The number of hydrogen-bond donors (Lipinski definition) is 2. The summed E-state index contributed by atoms with van der Waals surface area (Å²) in [7, 11) is 0. The Morgan fingerprint density at radius 1 is 1.43 bits per heavy atom. The molecular formula is C15H21ClFN5O. The third-order valence-electron chi connectivity index (χ3n) is 3.13. The van der Waals surface area contributed by atoms with Crippen molar-refractivity contribution in [3.8, 4) is 0 Å². The largest absolute Gasteiger partial charge is 0.349 e. The van der Waals surface area contributed by atoms with Gasteiger partial charge in [-0.3, -0.25) is 4.79 Å². The third kappa shape index (κ3) is 5.96. The van der Waals surface area contributed by atoms with Gasteiger partial charge in [-0.2, -0.15) is 0 Å². The number of carbonyl (C=O) groups is 1. The van der Waals surface area contributed by atoms with Crippen LogP contribution in [-0.4, -0.2) is 40.0 Å². The van der Waals surface area contributed by atoms with Crippen molar-refractivity contribution in [2.75, 3.05) is 13.1 Å². The zero-order valence-electron chi connectivity index (χ0n) is 13.1. The van der Waals surface area contributed by atoms with Crippen LogP contribution in [0, 0.1) is 5.82 Å². The molecule has 0 aliphatic heterocycles. The highest BCUT2D eigenvalue weighted by molar-refractivity contribution is 5.91. The van der Waals surface area contributed by atoms with Crippen LogP contribution >= 0.6 is 12.4 Å². The minimum absolute atomic E-state index is 0. The van der Waals surface area contributed by atoms with E-state index in [0.29, 0.717) is 13.1 Å². The molecule has 0 spiro atoms. The lowest BCUT2D eigenvalue weighted by Crippen LogP contribution is -2.38. The van der Waals surface area contributed by atoms with Crippen LogP contribution < -0.4 is 10.6 Å². The number of likely N-dealkylation sites (N-methyl/N-ethyl adjacent to an activating group) is 1. The van der Waals surface area contributed by atoms with E-state index in [1.807, 2.05) is 13.8 Å². The summed E-state index contributed by atoms with van der Waals surface area (Å²) >= 11 is 0. The summed E-state index contributed by atoms with van der Waals surface area (Å²) in [5, 5.41) is 13.7. The highest BCUT2D eigenvalue weighted by Gasteiger charge is 2.11. The number of nitrogens with one attached hydrogen (secondary N) is 2. The van der Waals surface area contributed by atoms with Gasteiger partial charge in [0.15, 0.2) is 5.69 Å². The van der Waals surface area contributed by atoms with Crippen LogP contribution in [0.5, 0.6) is 0 Å². The van der Waals surface area contributed by atoms with Crippen LogP contribution in [0.1, 0.15) is 29.9 Å². The Labute approximate surface area is 140 Å². The van der Waals surface area contributed by atoms with Crippen LogP contribution in [0.3, 0.4) is 0 Å². The van der Waals surface area contributed by atoms with E-state index in [2.05, 4.69) is 20.9 Å². The highest BCUT2D eigenvalue weighted by Crippen LogP contribution is 2.05. The van der Waals surface area contributed by atoms with E-state index >= 15 is 0 Å². The number of benzene rings is 1. The molecule has 0 saturated heterocycles. The third-order valence-corrected chi connectivity index (χ3v) is 3.13.